The van der Waals surface area contributed by atoms with Gasteiger partial charge >= 0.3 is 0 Å². The Bertz CT molecular complexity index is 1320. The van der Waals surface area contributed by atoms with Crippen molar-refractivity contribution in [1.82, 2.24) is 14.8 Å². The van der Waals surface area contributed by atoms with E-state index in [2.05, 4.69) is 20.7 Å². The van der Waals surface area contributed by atoms with Gasteiger partial charge < -0.3 is 5.32 Å². The van der Waals surface area contributed by atoms with E-state index >= 15 is 0 Å². The Morgan fingerprint density at radius 3 is 2.41 bits per heavy atom. The molecule has 3 aromatic carbocycles. The van der Waals surface area contributed by atoms with Crippen molar-refractivity contribution in [1.29, 1.82) is 0 Å². The van der Waals surface area contributed by atoms with Crippen molar-refractivity contribution < 1.29 is 4.79 Å². The van der Waals surface area contributed by atoms with Crippen molar-refractivity contribution in [2.24, 2.45) is 0 Å². The first-order valence-electron chi connectivity index (χ1n) is 9.90. The summed E-state index contributed by atoms with van der Waals surface area (Å²) in [5.74, 6) is 0.406. The minimum absolute atomic E-state index is 0.198. The van der Waals surface area contributed by atoms with Crippen LogP contribution in [0, 0.1) is 0 Å². The molecule has 0 spiro atoms. The second-order valence-electron chi connectivity index (χ2n) is 7.20. The van der Waals surface area contributed by atoms with Gasteiger partial charge in [-0.15, -0.1) is 5.10 Å². The average Bonchev–Trinajstić information content (AvgIpc) is 3.22. The SMILES string of the molecule is O=C(Nc1nc2n(n1)[C@H](c1ccccc1Cl)C=C(c1ccc(Cl)cc1)N2)c1ccccc1. The van der Waals surface area contributed by atoms with Crippen LogP contribution in [0.25, 0.3) is 5.70 Å². The number of halogens is 2. The van der Waals surface area contributed by atoms with Crippen LogP contribution in [0.1, 0.15) is 27.5 Å². The van der Waals surface area contributed by atoms with Gasteiger partial charge in [0.25, 0.3) is 11.9 Å². The number of rotatable bonds is 4. The molecule has 1 aliphatic rings. The second-order valence-corrected chi connectivity index (χ2v) is 8.05. The van der Waals surface area contributed by atoms with Crippen molar-refractivity contribution in [2.75, 3.05) is 10.6 Å². The molecule has 1 amide bonds. The number of amides is 1. The number of benzene rings is 3. The van der Waals surface area contributed by atoms with Gasteiger partial charge in [-0.1, -0.05) is 71.7 Å². The fourth-order valence-electron chi connectivity index (χ4n) is 3.54. The van der Waals surface area contributed by atoms with Crippen molar-refractivity contribution in [2.45, 2.75) is 6.04 Å². The summed E-state index contributed by atoms with van der Waals surface area (Å²) in [6, 6.07) is 23.7. The van der Waals surface area contributed by atoms with Crippen molar-refractivity contribution in [3.05, 3.63) is 112 Å². The van der Waals surface area contributed by atoms with Gasteiger partial charge in [0.1, 0.15) is 6.04 Å². The topological polar surface area (TPSA) is 71.8 Å². The van der Waals surface area contributed by atoms with Gasteiger partial charge in [-0.2, -0.15) is 4.98 Å². The molecule has 0 aliphatic carbocycles. The van der Waals surface area contributed by atoms with Gasteiger partial charge in [-0.05, 0) is 47.5 Å². The van der Waals surface area contributed by atoms with E-state index in [0.717, 1.165) is 16.8 Å². The Morgan fingerprint density at radius 1 is 0.938 bits per heavy atom. The first-order chi connectivity index (χ1) is 15.6. The molecule has 0 saturated heterocycles. The van der Waals surface area contributed by atoms with Gasteiger partial charge in [0.2, 0.25) is 5.95 Å². The van der Waals surface area contributed by atoms with E-state index in [0.29, 0.717) is 21.6 Å². The third-order valence-corrected chi connectivity index (χ3v) is 5.70. The molecule has 1 atom stereocenters. The zero-order valence-electron chi connectivity index (χ0n) is 16.7. The number of allylic oxidation sites excluding steroid dienone is 1. The number of fused-ring (bicyclic) bond motifs is 1. The number of nitrogens with zero attached hydrogens (tertiary/aromatic N) is 3. The maximum Gasteiger partial charge on any atom is 0.258 e. The second kappa shape index (κ2) is 8.49. The minimum Gasteiger partial charge on any atom is -0.324 e. The smallest absolute Gasteiger partial charge is 0.258 e. The molecule has 1 aromatic heterocycles. The molecular formula is C24H17Cl2N5O. The summed E-state index contributed by atoms with van der Waals surface area (Å²) in [6.45, 7) is 0. The summed E-state index contributed by atoms with van der Waals surface area (Å²) < 4.78 is 1.71. The summed E-state index contributed by atoms with van der Waals surface area (Å²) >= 11 is 12.6. The lowest BCUT2D eigenvalue weighted by atomic mass is 10.0. The number of hydrogen-bond donors (Lipinski definition) is 2. The summed E-state index contributed by atoms with van der Waals surface area (Å²) in [7, 11) is 0. The molecule has 5 rings (SSSR count). The van der Waals surface area contributed by atoms with Crippen LogP contribution in [0.15, 0.2) is 84.9 Å². The molecule has 158 valence electrons. The molecule has 2 heterocycles. The molecule has 0 radical (unpaired) electrons. The fraction of sp³-hybridized carbons (Fsp3) is 0.0417. The summed E-state index contributed by atoms with van der Waals surface area (Å²) in [6.07, 6.45) is 2.02. The summed E-state index contributed by atoms with van der Waals surface area (Å²) in [5.41, 5.74) is 3.17. The predicted molar refractivity (Wildman–Crippen MR) is 127 cm³/mol. The molecule has 0 unspecified atom stereocenters. The monoisotopic (exact) mass is 461 g/mol. The highest BCUT2D eigenvalue weighted by molar-refractivity contribution is 6.31. The number of carbonyl (C=O) groups excluding carboxylic acids is 1. The molecule has 4 aromatic rings. The molecule has 0 saturated carbocycles. The van der Waals surface area contributed by atoms with E-state index < -0.39 is 0 Å². The average molecular weight is 462 g/mol. The van der Waals surface area contributed by atoms with Crippen LogP contribution in [-0.2, 0) is 0 Å². The number of carbonyl (C=O) groups is 1. The fourth-order valence-corrected chi connectivity index (χ4v) is 3.92. The minimum atomic E-state index is -0.319. The highest BCUT2D eigenvalue weighted by atomic mass is 35.5. The number of aromatic nitrogens is 3. The standard InChI is InChI=1S/C24H17Cl2N5O/c25-17-12-10-15(11-13-17)20-14-21(18-8-4-5-9-19(18)26)31-24(27-20)29-23(30-31)28-22(32)16-6-2-1-3-7-16/h1-14,21H,(H2,27,28,29,30,32)/t21-/m0/s1. The van der Waals surface area contributed by atoms with E-state index in [9.17, 15) is 4.79 Å². The Hall–Kier alpha value is -3.61. The van der Waals surface area contributed by atoms with Crippen LogP contribution in [0.4, 0.5) is 11.9 Å². The maximum atomic E-state index is 12.6. The van der Waals surface area contributed by atoms with Gasteiger partial charge in [0.15, 0.2) is 0 Å². The summed E-state index contributed by atoms with van der Waals surface area (Å²) in [5, 5.41) is 11.9. The van der Waals surface area contributed by atoms with Crippen LogP contribution < -0.4 is 10.6 Å². The predicted octanol–water partition coefficient (Wildman–Crippen LogP) is 5.89. The van der Waals surface area contributed by atoms with Crippen LogP contribution in [0.3, 0.4) is 0 Å². The summed E-state index contributed by atoms with van der Waals surface area (Å²) in [4.78, 5) is 17.1. The molecule has 6 nitrogen and oxygen atoms in total. The zero-order chi connectivity index (χ0) is 22.1. The molecule has 32 heavy (non-hydrogen) atoms. The van der Waals surface area contributed by atoms with Gasteiger partial charge in [0.05, 0.1) is 0 Å². The van der Waals surface area contributed by atoms with Crippen LogP contribution in [0.2, 0.25) is 10.0 Å². The Kier molecular flexibility index (Phi) is 5.39. The largest absolute Gasteiger partial charge is 0.324 e. The third kappa shape index (κ3) is 3.98. The van der Waals surface area contributed by atoms with Crippen molar-refractivity contribution >= 4 is 46.7 Å². The third-order valence-electron chi connectivity index (χ3n) is 5.11. The molecule has 0 bridgehead atoms. The van der Waals surface area contributed by atoms with Gasteiger partial charge in [-0.3, -0.25) is 10.1 Å². The zero-order valence-corrected chi connectivity index (χ0v) is 18.2. The normalized spacial score (nSPS) is 14.8. The van der Waals surface area contributed by atoms with E-state index in [1.807, 2.05) is 60.7 Å². The van der Waals surface area contributed by atoms with Gasteiger partial charge in [0, 0.05) is 21.3 Å². The number of nitrogens with one attached hydrogen (secondary N) is 2. The first kappa shape index (κ1) is 20.3. The van der Waals surface area contributed by atoms with E-state index in [4.69, 9.17) is 23.2 Å². The van der Waals surface area contributed by atoms with E-state index in [1.54, 1.807) is 28.9 Å². The van der Waals surface area contributed by atoms with Crippen molar-refractivity contribution in [3.8, 4) is 0 Å². The van der Waals surface area contributed by atoms with Crippen LogP contribution in [0.5, 0.6) is 0 Å². The van der Waals surface area contributed by atoms with Crippen LogP contribution in [-0.4, -0.2) is 20.7 Å². The molecule has 8 heteroatoms. The van der Waals surface area contributed by atoms with E-state index in [1.165, 1.54) is 0 Å². The number of anilines is 2. The first-order valence-corrected chi connectivity index (χ1v) is 10.7. The Balaban J connectivity index is 1.53. The maximum absolute atomic E-state index is 12.6. The highest BCUT2D eigenvalue weighted by Gasteiger charge is 2.27. The Morgan fingerprint density at radius 2 is 1.66 bits per heavy atom. The molecular weight excluding hydrogens is 445 g/mol. The Labute approximate surface area is 194 Å². The van der Waals surface area contributed by atoms with Gasteiger partial charge in [-0.25, -0.2) is 4.68 Å². The lowest BCUT2D eigenvalue weighted by molar-refractivity contribution is 0.102. The lowest BCUT2D eigenvalue weighted by Crippen LogP contribution is -2.20. The highest BCUT2D eigenvalue weighted by Crippen LogP contribution is 2.36. The van der Waals surface area contributed by atoms with Crippen LogP contribution >= 0.6 is 23.2 Å². The number of hydrogen-bond acceptors (Lipinski definition) is 4. The lowest BCUT2D eigenvalue weighted by Gasteiger charge is -2.24. The van der Waals surface area contributed by atoms with Crippen molar-refractivity contribution in [3.63, 3.8) is 0 Å². The molecule has 0 fully saturated rings. The van der Waals surface area contributed by atoms with E-state index in [-0.39, 0.29) is 17.9 Å². The molecule has 2 N–H and O–H groups in total. The molecule has 1 aliphatic heterocycles. The quantitative estimate of drug-likeness (QED) is 0.397.